The van der Waals surface area contributed by atoms with Crippen LogP contribution in [-0.4, -0.2) is 13.1 Å². The first-order valence-corrected chi connectivity index (χ1v) is 7.09. The molecule has 0 amide bonds. The van der Waals surface area contributed by atoms with Crippen LogP contribution in [0.2, 0.25) is 0 Å². The number of hydrogen-bond donors (Lipinski definition) is 1. The van der Waals surface area contributed by atoms with Crippen LogP contribution < -0.4 is 5.32 Å². The number of benzene rings is 1. The maximum absolute atomic E-state index is 3.47. The average Bonchev–Trinajstić information content (AvgIpc) is 2.40. The van der Waals surface area contributed by atoms with Crippen molar-refractivity contribution < 1.29 is 0 Å². The molecule has 1 nitrogen and oxygen atoms in total. The molecule has 0 spiro atoms. The average molecular weight is 241 g/mol. The summed E-state index contributed by atoms with van der Waals surface area (Å²) < 4.78 is 0. The third-order valence-electron chi connectivity index (χ3n) is 3.70. The van der Waals surface area contributed by atoms with Crippen molar-refractivity contribution in [3.8, 4) is 11.8 Å². The molecule has 0 saturated heterocycles. The molecule has 2 unspecified atom stereocenters. The van der Waals surface area contributed by atoms with Gasteiger partial charge in [-0.1, -0.05) is 49.8 Å². The summed E-state index contributed by atoms with van der Waals surface area (Å²) in [5, 5.41) is 3.47. The molecule has 0 heterocycles. The van der Waals surface area contributed by atoms with Crippen molar-refractivity contribution in [1.82, 2.24) is 5.32 Å². The van der Waals surface area contributed by atoms with Gasteiger partial charge in [-0.3, -0.25) is 0 Å². The molecule has 1 aliphatic carbocycles. The molecule has 1 heteroatoms. The first-order chi connectivity index (χ1) is 8.84. The van der Waals surface area contributed by atoms with Gasteiger partial charge in [-0.15, -0.1) is 0 Å². The fraction of sp³-hybridized carbons (Fsp3) is 0.529. The summed E-state index contributed by atoms with van der Waals surface area (Å²) in [5.41, 5.74) is 1.10. The van der Waals surface area contributed by atoms with Crippen molar-refractivity contribution in [1.29, 1.82) is 0 Å². The van der Waals surface area contributed by atoms with Crippen LogP contribution in [-0.2, 0) is 0 Å². The highest BCUT2D eigenvalue weighted by Crippen LogP contribution is 2.27. The van der Waals surface area contributed by atoms with Gasteiger partial charge in [-0.2, -0.15) is 0 Å². The fourth-order valence-corrected chi connectivity index (χ4v) is 2.75. The number of nitrogens with one attached hydrogen (secondary N) is 1. The van der Waals surface area contributed by atoms with E-state index in [2.05, 4.69) is 36.2 Å². The zero-order valence-corrected chi connectivity index (χ0v) is 11.3. The van der Waals surface area contributed by atoms with Gasteiger partial charge in [0.05, 0.1) is 6.54 Å². The van der Waals surface area contributed by atoms with Crippen molar-refractivity contribution in [3.63, 3.8) is 0 Å². The standard InChI is InChI=1S/C17H23N/c1-15-7-5-10-17(13-15)14-18-12-6-11-16-8-3-2-4-9-16/h2-4,8-9,15,17-18H,5,7,10,12-14H2,1H3. The molecular formula is C17H23N. The number of rotatable bonds is 3. The molecule has 1 saturated carbocycles. The Morgan fingerprint density at radius 3 is 2.83 bits per heavy atom. The fourth-order valence-electron chi connectivity index (χ4n) is 2.75. The molecule has 0 aliphatic heterocycles. The lowest BCUT2D eigenvalue weighted by Gasteiger charge is -2.26. The van der Waals surface area contributed by atoms with Crippen LogP contribution in [0, 0.1) is 23.7 Å². The summed E-state index contributed by atoms with van der Waals surface area (Å²) in [4.78, 5) is 0. The van der Waals surface area contributed by atoms with Crippen molar-refractivity contribution in [2.75, 3.05) is 13.1 Å². The van der Waals surface area contributed by atoms with Crippen molar-refractivity contribution in [2.45, 2.75) is 32.6 Å². The van der Waals surface area contributed by atoms with E-state index in [9.17, 15) is 0 Å². The van der Waals surface area contributed by atoms with E-state index in [1.807, 2.05) is 18.2 Å². The van der Waals surface area contributed by atoms with Crippen molar-refractivity contribution in [3.05, 3.63) is 35.9 Å². The van der Waals surface area contributed by atoms with Crippen LogP contribution in [0.15, 0.2) is 30.3 Å². The molecule has 1 aliphatic rings. The van der Waals surface area contributed by atoms with E-state index in [4.69, 9.17) is 0 Å². The molecule has 1 fully saturated rings. The predicted octanol–water partition coefficient (Wildman–Crippen LogP) is 3.45. The second-order valence-electron chi connectivity index (χ2n) is 5.44. The van der Waals surface area contributed by atoms with E-state index in [1.54, 1.807) is 0 Å². The molecule has 2 atom stereocenters. The van der Waals surface area contributed by atoms with E-state index < -0.39 is 0 Å². The Labute approximate surface area is 111 Å². The largest absolute Gasteiger partial charge is 0.306 e. The topological polar surface area (TPSA) is 12.0 Å². The highest BCUT2D eigenvalue weighted by atomic mass is 14.8. The maximum atomic E-state index is 3.47. The van der Waals surface area contributed by atoms with Gasteiger partial charge >= 0.3 is 0 Å². The monoisotopic (exact) mass is 241 g/mol. The zero-order chi connectivity index (χ0) is 12.6. The van der Waals surface area contributed by atoms with Gasteiger partial charge < -0.3 is 5.32 Å². The lowest BCUT2D eigenvalue weighted by atomic mass is 9.82. The minimum atomic E-state index is 0.805. The van der Waals surface area contributed by atoms with Crippen molar-refractivity contribution in [2.24, 2.45) is 11.8 Å². The molecule has 1 aromatic rings. The summed E-state index contributed by atoms with van der Waals surface area (Å²) in [5.74, 6) is 8.16. The minimum Gasteiger partial charge on any atom is -0.306 e. The third-order valence-corrected chi connectivity index (χ3v) is 3.70. The summed E-state index contributed by atoms with van der Waals surface area (Å²) in [6.45, 7) is 4.31. The molecule has 0 bridgehead atoms. The van der Waals surface area contributed by atoms with Gasteiger partial charge in [0.15, 0.2) is 0 Å². The molecular weight excluding hydrogens is 218 g/mol. The summed E-state index contributed by atoms with van der Waals surface area (Å²) >= 11 is 0. The zero-order valence-electron chi connectivity index (χ0n) is 11.3. The van der Waals surface area contributed by atoms with Gasteiger partial charge in [-0.05, 0) is 43.4 Å². The molecule has 1 aromatic carbocycles. The smallest absolute Gasteiger partial charge is 0.0580 e. The Morgan fingerprint density at radius 2 is 2.06 bits per heavy atom. The lowest BCUT2D eigenvalue weighted by molar-refractivity contribution is 0.277. The first-order valence-electron chi connectivity index (χ1n) is 7.09. The SMILES string of the molecule is CC1CCCC(CNCC#Cc2ccccc2)C1. The first kappa shape index (κ1) is 13.2. The summed E-state index contributed by atoms with van der Waals surface area (Å²) in [7, 11) is 0. The summed E-state index contributed by atoms with van der Waals surface area (Å²) in [6, 6.07) is 10.2. The molecule has 1 N–H and O–H groups in total. The number of hydrogen-bond acceptors (Lipinski definition) is 1. The Bertz CT molecular complexity index is 399. The van der Waals surface area contributed by atoms with E-state index in [1.165, 1.54) is 25.7 Å². The molecule has 18 heavy (non-hydrogen) atoms. The Hall–Kier alpha value is -1.26. The Kier molecular flexibility index (Phi) is 5.30. The van der Waals surface area contributed by atoms with E-state index in [-0.39, 0.29) is 0 Å². The van der Waals surface area contributed by atoms with Gasteiger partial charge in [-0.25, -0.2) is 0 Å². The van der Waals surface area contributed by atoms with Crippen LogP contribution in [0.1, 0.15) is 38.2 Å². The molecule has 96 valence electrons. The van der Waals surface area contributed by atoms with Gasteiger partial charge in [0.1, 0.15) is 0 Å². The second kappa shape index (κ2) is 7.24. The molecule has 0 radical (unpaired) electrons. The third kappa shape index (κ3) is 4.55. The molecule has 2 rings (SSSR count). The Balaban J connectivity index is 1.66. The highest BCUT2D eigenvalue weighted by Gasteiger charge is 2.17. The van der Waals surface area contributed by atoms with Crippen LogP contribution >= 0.6 is 0 Å². The van der Waals surface area contributed by atoms with E-state index in [0.29, 0.717) is 0 Å². The minimum absolute atomic E-state index is 0.805. The van der Waals surface area contributed by atoms with Crippen LogP contribution in [0.5, 0.6) is 0 Å². The summed E-state index contributed by atoms with van der Waals surface area (Å²) in [6.07, 6.45) is 5.61. The van der Waals surface area contributed by atoms with Crippen LogP contribution in [0.25, 0.3) is 0 Å². The second-order valence-corrected chi connectivity index (χ2v) is 5.44. The normalized spacial score (nSPS) is 23.2. The quantitative estimate of drug-likeness (QED) is 0.631. The lowest BCUT2D eigenvalue weighted by Crippen LogP contribution is -2.26. The van der Waals surface area contributed by atoms with Gasteiger partial charge in [0, 0.05) is 5.56 Å². The van der Waals surface area contributed by atoms with Gasteiger partial charge in [0.2, 0.25) is 0 Å². The molecule has 0 aromatic heterocycles. The highest BCUT2D eigenvalue weighted by molar-refractivity contribution is 5.33. The van der Waals surface area contributed by atoms with Gasteiger partial charge in [0.25, 0.3) is 0 Å². The maximum Gasteiger partial charge on any atom is 0.0580 e. The van der Waals surface area contributed by atoms with E-state index in [0.717, 1.165) is 30.5 Å². The van der Waals surface area contributed by atoms with Crippen molar-refractivity contribution >= 4 is 0 Å². The van der Waals surface area contributed by atoms with Crippen LogP contribution in [0.3, 0.4) is 0 Å². The van der Waals surface area contributed by atoms with Crippen LogP contribution in [0.4, 0.5) is 0 Å². The predicted molar refractivity (Wildman–Crippen MR) is 77.3 cm³/mol. The Morgan fingerprint density at radius 1 is 1.22 bits per heavy atom. The van der Waals surface area contributed by atoms with E-state index >= 15 is 0 Å².